The number of pyridine rings is 2. The van der Waals surface area contributed by atoms with Crippen molar-refractivity contribution in [1.29, 1.82) is 5.26 Å². The first kappa shape index (κ1) is 21.9. The molecule has 33 heavy (non-hydrogen) atoms. The molecule has 13 heteroatoms. The molecule has 2 N–H and O–H groups in total. The molecular formula is C20H14F2N6O4S. The summed E-state index contributed by atoms with van der Waals surface area (Å²) in [5.74, 6) is -2.16. The number of nitrogens with zero attached hydrogens (tertiary/aromatic N) is 4. The minimum atomic E-state index is -4.44. The van der Waals surface area contributed by atoms with Gasteiger partial charge >= 0.3 is 0 Å². The van der Waals surface area contributed by atoms with Crippen molar-refractivity contribution in [3.05, 3.63) is 65.6 Å². The Labute approximate surface area is 185 Å². The Morgan fingerprint density at radius 3 is 2.76 bits per heavy atom. The van der Waals surface area contributed by atoms with Crippen LogP contribution < -0.4 is 14.2 Å². The molecule has 0 saturated carbocycles. The van der Waals surface area contributed by atoms with Crippen molar-refractivity contribution in [3.8, 4) is 17.7 Å². The van der Waals surface area contributed by atoms with Gasteiger partial charge in [0.2, 0.25) is 5.88 Å². The molecular weight excluding hydrogens is 458 g/mol. The smallest absolute Gasteiger partial charge is 0.267 e. The highest BCUT2D eigenvalue weighted by Crippen LogP contribution is 2.28. The molecule has 0 amide bonds. The summed E-state index contributed by atoms with van der Waals surface area (Å²) >= 11 is 0. The average Bonchev–Trinajstić information content (AvgIpc) is 3.28. The zero-order chi connectivity index (χ0) is 23.6. The first-order chi connectivity index (χ1) is 15.8. The fraction of sp³-hybridized carbons (Fsp3) is 0.100. The summed E-state index contributed by atoms with van der Waals surface area (Å²) in [6, 6.07) is 6.20. The van der Waals surface area contributed by atoms with Crippen LogP contribution in [0.5, 0.6) is 11.6 Å². The van der Waals surface area contributed by atoms with Crippen LogP contribution in [-0.2, 0) is 16.6 Å². The van der Waals surface area contributed by atoms with E-state index in [-0.39, 0.29) is 17.2 Å². The largest absolute Gasteiger partial charge is 0.487 e. The Balaban J connectivity index is 1.62. The van der Waals surface area contributed by atoms with E-state index in [9.17, 15) is 12.8 Å². The predicted octanol–water partition coefficient (Wildman–Crippen LogP) is 2.89. The Bertz CT molecular complexity index is 1500. The predicted molar refractivity (Wildman–Crippen MR) is 111 cm³/mol. The number of anilines is 1. The van der Waals surface area contributed by atoms with Gasteiger partial charge in [-0.05, 0) is 24.3 Å². The highest BCUT2D eigenvalue weighted by molar-refractivity contribution is 7.92. The van der Waals surface area contributed by atoms with Crippen LogP contribution >= 0.6 is 0 Å². The van der Waals surface area contributed by atoms with E-state index in [1.807, 2.05) is 4.72 Å². The second kappa shape index (κ2) is 8.67. The maximum absolute atomic E-state index is 15.0. The Kier molecular flexibility index (Phi) is 5.76. The van der Waals surface area contributed by atoms with Gasteiger partial charge in [0.05, 0.1) is 36.3 Å². The molecule has 0 fully saturated rings. The molecule has 0 unspecified atom stereocenters. The molecule has 4 aromatic rings. The van der Waals surface area contributed by atoms with E-state index in [4.69, 9.17) is 14.7 Å². The van der Waals surface area contributed by atoms with Crippen LogP contribution in [0.3, 0.4) is 0 Å². The molecule has 0 radical (unpaired) electrons. The van der Waals surface area contributed by atoms with Crippen LogP contribution in [0.1, 0.15) is 11.1 Å². The van der Waals surface area contributed by atoms with Gasteiger partial charge in [-0.25, -0.2) is 27.2 Å². The van der Waals surface area contributed by atoms with Crippen LogP contribution in [0.4, 0.5) is 14.5 Å². The van der Waals surface area contributed by atoms with E-state index in [0.29, 0.717) is 11.0 Å². The molecule has 0 aliphatic rings. The van der Waals surface area contributed by atoms with Crippen LogP contribution in [-0.4, -0.2) is 35.7 Å². The van der Waals surface area contributed by atoms with Crippen molar-refractivity contribution in [2.75, 3.05) is 11.8 Å². The van der Waals surface area contributed by atoms with Gasteiger partial charge in [-0.1, -0.05) is 0 Å². The topological polar surface area (TPSA) is 143 Å². The molecule has 168 valence electrons. The van der Waals surface area contributed by atoms with E-state index in [1.165, 1.54) is 19.5 Å². The van der Waals surface area contributed by atoms with Gasteiger partial charge in [0.1, 0.15) is 24.2 Å². The van der Waals surface area contributed by atoms with Gasteiger partial charge in [-0.2, -0.15) is 10.4 Å². The fourth-order valence-electron chi connectivity index (χ4n) is 2.90. The minimum Gasteiger partial charge on any atom is -0.487 e. The summed E-state index contributed by atoms with van der Waals surface area (Å²) in [4.78, 5) is 7.34. The van der Waals surface area contributed by atoms with E-state index < -0.39 is 44.4 Å². The third-order valence-corrected chi connectivity index (χ3v) is 5.87. The van der Waals surface area contributed by atoms with E-state index in [0.717, 1.165) is 24.4 Å². The van der Waals surface area contributed by atoms with Crippen molar-refractivity contribution in [2.24, 2.45) is 0 Å². The number of methoxy groups -OCH3 is 1. The monoisotopic (exact) mass is 472 g/mol. The van der Waals surface area contributed by atoms with Gasteiger partial charge < -0.3 is 9.47 Å². The van der Waals surface area contributed by atoms with Crippen LogP contribution in [0.25, 0.3) is 11.0 Å². The van der Waals surface area contributed by atoms with Crippen LogP contribution in [0, 0.1) is 23.0 Å². The van der Waals surface area contributed by atoms with Crippen molar-refractivity contribution in [3.63, 3.8) is 0 Å². The maximum atomic E-state index is 15.0. The summed E-state index contributed by atoms with van der Waals surface area (Å²) in [6.45, 7) is -0.535. The number of fused-ring (bicyclic) bond motifs is 1. The Hall–Kier alpha value is -4.31. The maximum Gasteiger partial charge on any atom is 0.267 e. The zero-order valence-electron chi connectivity index (χ0n) is 16.8. The Morgan fingerprint density at radius 1 is 1.18 bits per heavy atom. The number of rotatable bonds is 7. The molecule has 0 atom stereocenters. The third kappa shape index (κ3) is 4.37. The molecule has 0 aliphatic carbocycles. The van der Waals surface area contributed by atoms with Gasteiger partial charge in [0, 0.05) is 11.6 Å². The number of hydrogen-bond donors (Lipinski definition) is 2. The fourth-order valence-corrected chi connectivity index (χ4v) is 4.10. The van der Waals surface area contributed by atoms with Crippen molar-refractivity contribution >= 4 is 26.7 Å². The number of aromatic nitrogens is 4. The highest BCUT2D eigenvalue weighted by Gasteiger charge is 2.25. The number of halogens is 2. The summed E-state index contributed by atoms with van der Waals surface area (Å²) in [6.07, 6.45) is 3.99. The SMILES string of the molecule is COc1ncc(C#N)cc1S(=O)(=O)Nc1ccc(F)c(COc2cnc3[nH]ncc3c2)c1F. The first-order valence-corrected chi connectivity index (χ1v) is 10.7. The summed E-state index contributed by atoms with van der Waals surface area (Å²) in [5, 5.41) is 16.1. The van der Waals surface area contributed by atoms with Gasteiger partial charge in [0.25, 0.3) is 10.0 Å². The van der Waals surface area contributed by atoms with Crippen molar-refractivity contribution < 1.29 is 26.7 Å². The quantitative estimate of drug-likeness (QED) is 0.418. The van der Waals surface area contributed by atoms with E-state index in [1.54, 1.807) is 12.1 Å². The average molecular weight is 472 g/mol. The molecule has 1 aromatic carbocycles. The molecule has 4 rings (SSSR count). The third-order valence-electron chi connectivity index (χ3n) is 4.51. The number of H-pyrrole nitrogens is 1. The van der Waals surface area contributed by atoms with Crippen LogP contribution in [0.15, 0.2) is 47.8 Å². The number of nitriles is 1. The van der Waals surface area contributed by atoms with Gasteiger partial charge in [-0.15, -0.1) is 0 Å². The number of benzene rings is 1. The van der Waals surface area contributed by atoms with Gasteiger partial charge in [-0.3, -0.25) is 9.82 Å². The van der Waals surface area contributed by atoms with E-state index >= 15 is 4.39 Å². The molecule has 3 heterocycles. The number of ether oxygens (including phenoxy) is 2. The second-order valence-corrected chi connectivity index (χ2v) is 8.25. The number of nitrogens with one attached hydrogen (secondary N) is 2. The second-order valence-electron chi connectivity index (χ2n) is 6.60. The minimum absolute atomic E-state index is 0.0481. The van der Waals surface area contributed by atoms with Crippen molar-refractivity contribution in [2.45, 2.75) is 11.5 Å². The van der Waals surface area contributed by atoms with Crippen molar-refractivity contribution in [1.82, 2.24) is 20.2 Å². The number of hydrogen-bond acceptors (Lipinski definition) is 8. The zero-order valence-corrected chi connectivity index (χ0v) is 17.7. The number of sulfonamides is 1. The summed E-state index contributed by atoms with van der Waals surface area (Å²) in [5.41, 5.74) is -0.560. The van der Waals surface area contributed by atoms with Gasteiger partial charge in [0.15, 0.2) is 16.4 Å². The lowest BCUT2D eigenvalue weighted by Crippen LogP contribution is -2.17. The number of aromatic amines is 1. The van der Waals surface area contributed by atoms with E-state index in [2.05, 4.69) is 20.2 Å². The molecule has 0 bridgehead atoms. The highest BCUT2D eigenvalue weighted by atomic mass is 32.2. The van der Waals surface area contributed by atoms with Crippen LogP contribution in [0.2, 0.25) is 0 Å². The normalized spacial score (nSPS) is 11.2. The molecule has 0 spiro atoms. The first-order valence-electron chi connectivity index (χ1n) is 9.18. The molecule has 0 aliphatic heterocycles. The summed E-state index contributed by atoms with van der Waals surface area (Å²) in [7, 11) is -3.25. The lowest BCUT2D eigenvalue weighted by Gasteiger charge is -2.14. The molecule has 10 nitrogen and oxygen atoms in total. The Morgan fingerprint density at radius 2 is 2.00 bits per heavy atom. The molecule has 0 saturated heterocycles. The summed E-state index contributed by atoms with van der Waals surface area (Å²) < 4.78 is 67.4. The lowest BCUT2D eigenvalue weighted by atomic mass is 10.2. The molecule has 3 aromatic heterocycles. The standard InChI is InChI=1S/C20H14F2N6O4S/c1-31-20-17(4-11(6-23)7-25-20)33(29,30)28-16-3-2-15(21)14(18(16)22)10-32-13-5-12-8-26-27-19(12)24-9-13/h2-5,7-9,28H,10H2,1H3,(H,24,26,27). The lowest BCUT2D eigenvalue weighted by molar-refractivity contribution is 0.292.